The molecular weight excluding hydrogens is 248 g/mol. The Labute approximate surface area is 106 Å². The van der Waals surface area contributed by atoms with Crippen molar-refractivity contribution in [3.8, 4) is 6.07 Å². The van der Waals surface area contributed by atoms with E-state index in [9.17, 15) is 8.42 Å². The molecule has 18 heavy (non-hydrogen) atoms. The fourth-order valence-electron chi connectivity index (χ4n) is 1.77. The molecule has 0 N–H and O–H groups in total. The van der Waals surface area contributed by atoms with Crippen LogP contribution >= 0.6 is 0 Å². The van der Waals surface area contributed by atoms with Crippen molar-refractivity contribution in [2.75, 3.05) is 13.6 Å². The van der Waals surface area contributed by atoms with E-state index >= 15 is 0 Å². The lowest BCUT2D eigenvalue weighted by atomic mass is 10.1. The summed E-state index contributed by atoms with van der Waals surface area (Å²) >= 11 is 0. The van der Waals surface area contributed by atoms with E-state index in [1.54, 1.807) is 24.3 Å². The molecule has 0 fully saturated rings. The maximum Gasteiger partial charge on any atom is 0.244 e. The Bertz CT molecular complexity index is 712. The lowest BCUT2D eigenvalue weighted by Gasteiger charge is -2.15. The Kier molecular flexibility index (Phi) is 3.32. The smallest absolute Gasteiger partial charge is 0.207 e. The molecule has 0 spiro atoms. The number of sulfonamides is 1. The third-order valence-electron chi connectivity index (χ3n) is 2.73. The summed E-state index contributed by atoms with van der Waals surface area (Å²) in [5.41, 5.74) is 0. The first-order chi connectivity index (χ1) is 8.57. The van der Waals surface area contributed by atoms with Crippen molar-refractivity contribution in [1.82, 2.24) is 4.31 Å². The van der Waals surface area contributed by atoms with Crippen molar-refractivity contribution in [2.24, 2.45) is 0 Å². The van der Waals surface area contributed by atoms with Crippen molar-refractivity contribution in [1.29, 1.82) is 5.26 Å². The molecule has 5 heteroatoms. The molecular formula is C13H12N2O2S. The molecule has 2 aromatic carbocycles. The van der Waals surface area contributed by atoms with E-state index in [0.717, 1.165) is 9.69 Å². The number of benzene rings is 2. The van der Waals surface area contributed by atoms with Gasteiger partial charge in [-0.05, 0) is 11.5 Å². The Morgan fingerprint density at radius 2 is 1.83 bits per heavy atom. The fourth-order valence-corrected chi connectivity index (χ4v) is 3.05. The van der Waals surface area contributed by atoms with Crippen LogP contribution in [-0.2, 0) is 10.0 Å². The van der Waals surface area contributed by atoms with Gasteiger partial charge in [0, 0.05) is 12.4 Å². The van der Waals surface area contributed by atoms with Crippen LogP contribution in [0.5, 0.6) is 0 Å². The summed E-state index contributed by atoms with van der Waals surface area (Å²) in [7, 11) is -2.21. The number of nitriles is 1. The molecule has 0 amide bonds. The monoisotopic (exact) mass is 260 g/mol. The summed E-state index contributed by atoms with van der Waals surface area (Å²) < 4.78 is 25.7. The molecule has 4 nitrogen and oxygen atoms in total. The molecule has 0 aliphatic rings. The Hall–Kier alpha value is -1.90. The molecule has 0 saturated carbocycles. The van der Waals surface area contributed by atoms with Gasteiger partial charge >= 0.3 is 0 Å². The standard InChI is InChI=1S/C13H12N2O2S/c1-15(10-9-14)18(16,17)13-8-4-6-11-5-2-3-7-12(11)13/h2-8H,10H2,1H3. The highest BCUT2D eigenvalue weighted by atomic mass is 32.2. The highest BCUT2D eigenvalue weighted by Crippen LogP contribution is 2.24. The van der Waals surface area contributed by atoms with Gasteiger partial charge < -0.3 is 0 Å². The molecule has 92 valence electrons. The predicted molar refractivity (Wildman–Crippen MR) is 69.4 cm³/mol. The van der Waals surface area contributed by atoms with Crippen LogP contribution in [-0.4, -0.2) is 26.3 Å². The first-order valence-electron chi connectivity index (χ1n) is 5.38. The Morgan fingerprint density at radius 3 is 2.56 bits per heavy atom. The lowest BCUT2D eigenvalue weighted by molar-refractivity contribution is 0.502. The zero-order valence-electron chi connectivity index (χ0n) is 9.87. The average molecular weight is 260 g/mol. The van der Waals surface area contributed by atoms with Crippen molar-refractivity contribution >= 4 is 20.8 Å². The summed E-state index contributed by atoms with van der Waals surface area (Å²) in [5.74, 6) is 0. The SMILES string of the molecule is CN(CC#N)S(=O)(=O)c1cccc2ccccc12. The first kappa shape index (κ1) is 12.6. The normalized spacial score (nSPS) is 11.6. The number of rotatable bonds is 3. The predicted octanol–water partition coefficient (Wildman–Crippen LogP) is 1.98. The summed E-state index contributed by atoms with van der Waals surface area (Å²) in [5, 5.41) is 10.1. The third kappa shape index (κ3) is 2.08. The van der Waals surface area contributed by atoms with Crippen LogP contribution in [0.3, 0.4) is 0 Å². The zero-order valence-corrected chi connectivity index (χ0v) is 10.7. The molecule has 0 aliphatic heterocycles. The topological polar surface area (TPSA) is 61.2 Å². The molecule has 0 heterocycles. The van der Waals surface area contributed by atoms with Gasteiger partial charge in [-0.1, -0.05) is 36.4 Å². The molecule has 0 saturated heterocycles. The van der Waals surface area contributed by atoms with Gasteiger partial charge in [0.15, 0.2) is 0 Å². The fraction of sp³-hybridized carbons (Fsp3) is 0.154. The highest BCUT2D eigenvalue weighted by molar-refractivity contribution is 7.89. The van der Waals surface area contributed by atoms with Gasteiger partial charge in [-0.15, -0.1) is 0 Å². The van der Waals surface area contributed by atoms with Crippen molar-refractivity contribution < 1.29 is 8.42 Å². The van der Waals surface area contributed by atoms with Gasteiger partial charge in [0.25, 0.3) is 0 Å². The number of nitrogens with zero attached hydrogens (tertiary/aromatic N) is 2. The van der Waals surface area contributed by atoms with Crippen LogP contribution in [0.4, 0.5) is 0 Å². The van der Waals surface area contributed by atoms with Crippen molar-refractivity contribution in [3.63, 3.8) is 0 Å². The van der Waals surface area contributed by atoms with E-state index in [1.165, 1.54) is 7.05 Å². The minimum atomic E-state index is -3.62. The van der Waals surface area contributed by atoms with E-state index in [-0.39, 0.29) is 11.4 Å². The Balaban J connectivity index is 2.65. The third-order valence-corrected chi connectivity index (χ3v) is 4.59. The van der Waals surface area contributed by atoms with E-state index in [0.29, 0.717) is 5.39 Å². The van der Waals surface area contributed by atoms with Crippen LogP contribution in [0.1, 0.15) is 0 Å². The minimum Gasteiger partial charge on any atom is -0.207 e. The van der Waals surface area contributed by atoms with E-state index in [1.807, 2.05) is 24.3 Å². The summed E-state index contributed by atoms with van der Waals surface area (Å²) in [6.45, 7) is -0.161. The molecule has 0 aliphatic carbocycles. The Morgan fingerprint density at radius 1 is 1.17 bits per heavy atom. The summed E-state index contributed by atoms with van der Waals surface area (Å²) in [6, 6.07) is 14.2. The van der Waals surface area contributed by atoms with Crippen LogP contribution in [0.2, 0.25) is 0 Å². The van der Waals surface area contributed by atoms with Crippen LogP contribution < -0.4 is 0 Å². The summed E-state index contributed by atoms with van der Waals surface area (Å²) in [6.07, 6.45) is 0. The molecule has 0 bridgehead atoms. The van der Waals surface area contributed by atoms with Crippen LogP contribution in [0, 0.1) is 11.3 Å². The molecule has 2 rings (SSSR count). The summed E-state index contributed by atoms with van der Waals surface area (Å²) in [4.78, 5) is 0.235. The van der Waals surface area contributed by atoms with Crippen LogP contribution in [0.25, 0.3) is 10.8 Å². The second kappa shape index (κ2) is 4.77. The average Bonchev–Trinajstić information content (AvgIpc) is 2.38. The minimum absolute atomic E-state index is 0.161. The van der Waals surface area contributed by atoms with Crippen LogP contribution in [0.15, 0.2) is 47.4 Å². The van der Waals surface area contributed by atoms with Crippen molar-refractivity contribution in [3.05, 3.63) is 42.5 Å². The van der Waals surface area contributed by atoms with E-state index in [4.69, 9.17) is 5.26 Å². The van der Waals surface area contributed by atoms with Gasteiger partial charge in [0.05, 0.1) is 11.0 Å². The molecule has 0 atom stereocenters. The van der Waals surface area contributed by atoms with E-state index < -0.39 is 10.0 Å². The maximum absolute atomic E-state index is 12.3. The first-order valence-corrected chi connectivity index (χ1v) is 6.82. The molecule has 0 radical (unpaired) electrons. The zero-order chi connectivity index (χ0) is 13.2. The van der Waals surface area contributed by atoms with E-state index in [2.05, 4.69) is 0 Å². The molecule has 0 unspecified atom stereocenters. The highest BCUT2D eigenvalue weighted by Gasteiger charge is 2.22. The molecule has 2 aromatic rings. The molecule has 0 aromatic heterocycles. The lowest BCUT2D eigenvalue weighted by Crippen LogP contribution is -2.27. The van der Waals surface area contributed by atoms with Gasteiger partial charge in [0.1, 0.15) is 6.54 Å². The number of hydrogen-bond donors (Lipinski definition) is 0. The number of hydrogen-bond acceptors (Lipinski definition) is 3. The van der Waals surface area contributed by atoms with Gasteiger partial charge in [-0.3, -0.25) is 0 Å². The van der Waals surface area contributed by atoms with Gasteiger partial charge in [0.2, 0.25) is 10.0 Å². The largest absolute Gasteiger partial charge is 0.244 e. The maximum atomic E-state index is 12.3. The second-order valence-corrected chi connectivity index (χ2v) is 5.91. The number of fused-ring (bicyclic) bond motifs is 1. The van der Waals surface area contributed by atoms with Gasteiger partial charge in [-0.2, -0.15) is 9.57 Å². The quantitative estimate of drug-likeness (QED) is 0.793. The second-order valence-electron chi connectivity index (χ2n) is 3.90. The van der Waals surface area contributed by atoms with Crippen molar-refractivity contribution in [2.45, 2.75) is 4.90 Å². The van der Waals surface area contributed by atoms with Gasteiger partial charge in [-0.25, -0.2) is 8.42 Å².